The third-order valence-electron chi connectivity index (χ3n) is 6.00. The monoisotopic (exact) mass is 488 g/mol. The largest absolute Gasteiger partial charge is 0.507 e. The minimum atomic E-state index is -1.23. The summed E-state index contributed by atoms with van der Waals surface area (Å²) in [4.78, 5) is 30.0. The maximum atomic E-state index is 12.6. The number of rotatable bonds is 8. The van der Waals surface area contributed by atoms with Gasteiger partial charge in [-0.15, -0.1) is 0 Å². The summed E-state index contributed by atoms with van der Waals surface area (Å²) in [6.07, 6.45) is 4.88. The van der Waals surface area contributed by atoms with E-state index in [1.807, 2.05) is 29.2 Å². The molecule has 4 rings (SSSR count). The lowest BCUT2D eigenvalue weighted by Crippen LogP contribution is -2.35. The number of carboxylic acids is 1. The number of hydrogen-bond acceptors (Lipinski definition) is 6. The van der Waals surface area contributed by atoms with Gasteiger partial charge in [0.15, 0.2) is 11.5 Å². The lowest BCUT2D eigenvalue weighted by atomic mass is 10.1. The number of aromatic hydroxyl groups is 1. The van der Waals surface area contributed by atoms with Gasteiger partial charge in [-0.3, -0.25) is 9.79 Å². The number of likely N-dealkylation sites (tertiary alicyclic amines) is 1. The van der Waals surface area contributed by atoms with E-state index in [4.69, 9.17) is 14.6 Å². The van der Waals surface area contributed by atoms with Gasteiger partial charge in [-0.25, -0.2) is 4.79 Å². The molecule has 0 bridgehead atoms. The normalized spacial score (nSPS) is 13.5. The highest BCUT2D eigenvalue weighted by molar-refractivity contribution is 5.94. The van der Waals surface area contributed by atoms with Crippen LogP contribution in [0.4, 0.5) is 5.69 Å². The Morgan fingerprint density at radius 2 is 1.72 bits per heavy atom. The molecule has 0 saturated carbocycles. The number of benzene rings is 3. The Kier molecular flexibility index (Phi) is 7.85. The number of ether oxygens (including phenoxy) is 2. The zero-order valence-electron chi connectivity index (χ0n) is 20.0. The van der Waals surface area contributed by atoms with Crippen LogP contribution in [0.5, 0.6) is 17.2 Å². The van der Waals surface area contributed by atoms with Crippen LogP contribution in [0.25, 0.3) is 0 Å². The van der Waals surface area contributed by atoms with E-state index in [1.54, 1.807) is 31.5 Å². The zero-order chi connectivity index (χ0) is 25.5. The van der Waals surface area contributed by atoms with Crippen molar-refractivity contribution in [1.82, 2.24) is 4.90 Å². The predicted octanol–water partition coefficient (Wildman–Crippen LogP) is 5.05. The highest BCUT2D eigenvalue weighted by Gasteiger charge is 2.18. The number of carbonyl (C=O) groups excluding carboxylic acids is 1. The molecule has 1 aliphatic heterocycles. The minimum absolute atomic E-state index is 0.0765. The number of aromatic carboxylic acids is 1. The first-order valence-electron chi connectivity index (χ1n) is 11.7. The van der Waals surface area contributed by atoms with Gasteiger partial charge in [-0.2, -0.15) is 0 Å². The van der Waals surface area contributed by atoms with Gasteiger partial charge in [-0.05, 0) is 78.9 Å². The minimum Gasteiger partial charge on any atom is -0.507 e. The summed E-state index contributed by atoms with van der Waals surface area (Å²) in [5.74, 6) is -0.384. The molecule has 0 radical (unpaired) electrons. The summed E-state index contributed by atoms with van der Waals surface area (Å²) in [6, 6.07) is 16.9. The predicted molar refractivity (Wildman–Crippen MR) is 136 cm³/mol. The molecule has 0 spiro atoms. The van der Waals surface area contributed by atoms with Crippen molar-refractivity contribution >= 4 is 23.8 Å². The Labute approximate surface area is 209 Å². The van der Waals surface area contributed by atoms with Crippen LogP contribution < -0.4 is 9.47 Å². The average Bonchev–Trinajstić information content (AvgIpc) is 2.91. The fraction of sp³-hybridized carbons (Fsp3) is 0.250. The van der Waals surface area contributed by atoms with Crippen LogP contribution in [0.15, 0.2) is 65.7 Å². The molecule has 1 aliphatic rings. The van der Waals surface area contributed by atoms with Gasteiger partial charge in [0.2, 0.25) is 0 Å². The lowest BCUT2D eigenvalue weighted by molar-refractivity contribution is 0.0691. The summed E-state index contributed by atoms with van der Waals surface area (Å²) in [5, 5.41) is 18.8. The van der Waals surface area contributed by atoms with Crippen LogP contribution in [0.1, 0.15) is 51.1 Å². The van der Waals surface area contributed by atoms with Crippen molar-refractivity contribution in [2.24, 2.45) is 4.99 Å². The number of carbonyl (C=O) groups is 2. The first-order chi connectivity index (χ1) is 17.4. The molecule has 1 amide bonds. The molecule has 0 aliphatic carbocycles. The molecule has 8 heteroatoms. The van der Waals surface area contributed by atoms with E-state index in [1.165, 1.54) is 24.6 Å². The summed E-state index contributed by atoms with van der Waals surface area (Å²) in [7, 11) is 1.54. The van der Waals surface area contributed by atoms with Gasteiger partial charge in [-0.1, -0.05) is 12.1 Å². The van der Waals surface area contributed by atoms with Gasteiger partial charge in [0.05, 0.1) is 12.8 Å². The fourth-order valence-corrected chi connectivity index (χ4v) is 3.99. The van der Waals surface area contributed by atoms with Crippen LogP contribution in [0.2, 0.25) is 0 Å². The standard InChI is InChI=1S/C28H28N2O6/c1-35-26-15-20(17-29-22-10-11-24(31)23(16-22)28(33)34)7-12-25(26)36-18-19-5-8-21(9-6-19)27(32)30-13-3-2-4-14-30/h5-12,15-17,31H,2-4,13-14,18H2,1H3,(H,33,34). The number of hydrogen-bond donors (Lipinski definition) is 2. The van der Waals surface area contributed by atoms with E-state index in [0.29, 0.717) is 29.4 Å². The van der Waals surface area contributed by atoms with Crippen molar-refractivity contribution in [2.75, 3.05) is 20.2 Å². The molecule has 1 fully saturated rings. The van der Waals surface area contributed by atoms with Crippen molar-refractivity contribution in [1.29, 1.82) is 0 Å². The van der Waals surface area contributed by atoms with Crippen molar-refractivity contribution in [2.45, 2.75) is 25.9 Å². The van der Waals surface area contributed by atoms with Crippen molar-refractivity contribution in [3.63, 3.8) is 0 Å². The first-order valence-corrected chi connectivity index (χ1v) is 11.7. The second-order valence-corrected chi connectivity index (χ2v) is 8.51. The Bertz CT molecular complexity index is 1260. The first kappa shape index (κ1) is 24.8. The van der Waals surface area contributed by atoms with Crippen molar-refractivity contribution in [3.8, 4) is 17.2 Å². The quantitative estimate of drug-likeness (QED) is 0.429. The summed E-state index contributed by atoms with van der Waals surface area (Å²) >= 11 is 0. The molecule has 0 atom stereocenters. The third-order valence-corrected chi connectivity index (χ3v) is 6.00. The molecule has 3 aromatic rings. The Morgan fingerprint density at radius 1 is 0.972 bits per heavy atom. The van der Waals surface area contributed by atoms with Crippen LogP contribution in [-0.2, 0) is 6.61 Å². The van der Waals surface area contributed by atoms with E-state index in [9.17, 15) is 14.7 Å². The SMILES string of the molecule is COc1cc(C=Nc2ccc(O)c(C(=O)O)c2)ccc1OCc1ccc(C(=O)N2CCCCC2)cc1. The molecule has 0 aromatic heterocycles. The molecule has 1 heterocycles. The van der Waals surface area contributed by atoms with Crippen molar-refractivity contribution in [3.05, 3.63) is 82.9 Å². The van der Waals surface area contributed by atoms with E-state index >= 15 is 0 Å². The van der Waals surface area contributed by atoms with Gasteiger partial charge in [0, 0.05) is 24.9 Å². The molecule has 186 valence electrons. The Morgan fingerprint density at radius 3 is 2.42 bits per heavy atom. The molecule has 2 N–H and O–H groups in total. The van der Waals surface area contributed by atoms with Crippen molar-refractivity contribution < 1.29 is 29.3 Å². The number of phenols is 1. The van der Waals surface area contributed by atoms with Gasteiger partial charge >= 0.3 is 5.97 Å². The van der Waals surface area contributed by atoms with E-state index in [0.717, 1.165) is 37.1 Å². The molecule has 8 nitrogen and oxygen atoms in total. The topological polar surface area (TPSA) is 109 Å². The summed E-state index contributed by atoms with van der Waals surface area (Å²) in [5.41, 5.74) is 2.52. The van der Waals surface area contributed by atoms with Crippen LogP contribution in [0.3, 0.4) is 0 Å². The second kappa shape index (κ2) is 11.4. The smallest absolute Gasteiger partial charge is 0.339 e. The highest BCUT2D eigenvalue weighted by atomic mass is 16.5. The summed E-state index contributed by atoms with van der Waals surface area (Å²) < 4.78 is 11.4. The molecule has 0 unspecified atom stereocenters. The number of aliphatic imine (C=N–C) groups is 1. The Balaban J connectivity index is 1.39. The zero-order valence-corrected chi connectivity index (χ0v) is 20.0. The fourth-order valence-electron chi connectivity index (χ4n) is 3.99. The molecule has 36 heavy (non-hydrogen) atoms. The van der Waals surface area contributed by atoms with E-state index in [2.05, 4.69) is 4.99 Å². The number of carboxylic acid groups (broad SMARTS) is 1. The lowest BCUT2D eigenvalue weighted by Gasteiger charge is -2.26. The molecule has 3 aromatic carbocycles. The highest BCUT2D eigenvalue weighted by Crippen LogP contribution is 2.29. The molecular formula is C28H28N2O6. The Hall–Kier alpha value is -4.33. The summed E-state index contributed by atoms with van der Waals surface area (Å²) in [6.45, 7) is 1.96. The van der Waals surface area contributed by atoms with Gasteiger partial charge in [0.1, 0.15) is 17.9 Å². The van der Waals surface area contributed by atoms with Crippen LogP contribution >= 0.6 is 0 Å². The van der Waals surface area contributed by atoms with Crippen LogP contribution in [0, 0.1) is 0 Å². The molecule has 1 saturated heterocycles. The third kappa shape index (κ3) is 6.02. The maximum Gasteiger partial charge on any atom is 0.339 e. The number of amides is 1. The number of nitrogens with zero attached hydrogens (tertiary/aromatic N) is 2. The second-order valence-electron chi connectivity index (χ2n) is 8.51. The number of piperidine rings is 1. The van der Waals surface area contributed by atoms with Gasteiger partial charge in [0.25, 0.3) is 5.91 Å². The van der Waals surface area contributed by atoms with Gasteiger partial charge < -0.3 is 24.6 Å². The van der Waals surface area contributed by atoms with E-state index in [-0.39, 0.29) is 17.2 Å². The average molecular weight is 489 g/mol. The molecular weight excluding hydrogens is 460 g/mol. The van der Waals surface area contributed by atoms with E-state index < -0.39 is 5.97 Å². The number of methoxy groups -OCH3 is 1. The van der Waals surface area contributed by atoms with Crippen LogP contribution in [-0.4, -0.2) is 53.4 Å². The maximum absolute atomic E-state index is 12.6.